The van der Waals surface area contributed by atoms with E-state index in [2.05, 4.69) is 10.4 Å². The molecule has 0 aliphatic carbocycles. The summed E-state index contributed by atoms with van der Waals surface area (Å²) < 4.78 is 10.8. The topological polar surface area (TPSA) is 69.4 Å². The SMILES string of the molecule is COCCOc1ccccc1C(NN)c1cccnc1C. The van der Waals surface area contributed by atoms with Gasteiger partial charge in [0.2, 0.25) is 0 Å². The Hall–Kier alpha value is -1.95. The molecule has 0 amide bonds. The average molecular weight is 287 g/mol. The molecule has 1 heterocycles. The zero-order valence-electron chi connectivity index (χ0n) is 12.4. The van der Waals surface area contributed by atoms with Crippen molar-refractivity contribution in [2.45, 2.75) is 13.0 Å². The summed E-state index contributed by atoms with van der Waals surface area (Å²) in [6, 6.07) is 11.6. The third-order valence-electron chi connectivity index (χ3n) is 3.30. The molecule has 3 N–H and O–H groups in total. The molecule has 0 spiro atoms. The van der Waals surface area contributed by atoms with Crippen LogP contribution in [0.5, 0.6) is 5.75 Å². The van der Waals surface area contributed by atoms with Crippen molar-refractivity contribution < 1.29 is 9.47 Å². The van der Waals surface area contributed by atoms with Gasteiger partial charge in [-0.3, -0.25) is 10.8 Å². The normalized spacial score (nSPS) is 12.1. The highest BCUT2D eigenvalue weighted by molar-refractivity contribution is 5.42. The maximum Gasteiger partial charge on any atom is 0.124 e. The Kier molecular flexibility index (Phi) is 5.68. The second kappa shape index (κ2) is 7.73. The van der Waals surface area contributed by atoms with Crippen LogP contribution in [0.4, 0.5) is 0 Å². The molecule has 0 aliphatic heterocycles. The lowest BCUT2D eigenvalue weighted by Crippen LogP contribution is -2.30. The van der Waals surface area contributed by atoms with E-state index in [1.54, 1.807) is 13.3 Å². The van der Waals surface area contributed by atoms with Gasteiger partial charge >= 0.3 is 0 Å². The van der Waals surface area contributed by atoms with Gasteiger partial charge in [0.1, 0.15) is 12.4 Å². The second-order valence-corrected chi connectivity index (χ2v) is 4.66. The van der Waals surface area contributed by atoms with Crippen LogP contribution in [0.3, 0.4) is 0 Å². The van der Waals surface area contributed by atoms with Crippen LogP contribution in [0.25, 0.3) is 0 Å². The number of hydrazine groups is 1. The summed E-state index contributed by atoms with van der Waals surface area (Å²) in [4.78, 5) is 4.32. The van der Waals surface area contributed by atoms with Gasteiger partial charge in [-0.2, -0.15) is 0 Å². The molecule has 21 heavy (non-hydrogen) atoms. The fraction of sp³-hybridized carbons (Fsp3) is 0.312. The first-order chi connectivity index (χ1) is 10.3. The highest BCUT2D eigenvalue weighted by Crippen LogP contribution is 2.30. The van der Waals surface area contributed by atoms with Crippen molar-refractivity contribution in [1.29, 1.82) is 0 Å². The Morgan fingerprint density at radius 3 is 2.62 bits per heavy atom. The van der Waals surface area contributed by atoms with Crippen molar-refractivity contribution in [3.8, 4) is 5.75 Å². The molecule has 1 aromatic carbocycles. The zero-order chi connectivity index (χ0) is 15.1. The molecule has 0 saturated carbocycles. The predicted molar refractivity (Wildman–Crippen MR) is 82.0 cm³/mol. The minimum Gasteiger partial charge on any atom is -0.491 e. The number of hydrogen-bond donors (Lipinski definition) is 2. The van der Waals surface area contributed by atoms with Gasteiger partial charge in [-0.05, 0) is 24.6 Å². The fourth-order valence-corrected chi connectivity index (χ4v) is 2.23. The van der Waals surface area contributed by atoms with Crippen molar-refractivity contribution >= 4 is 0 Å². The molecular weight excluding hydrogens is 266 g/mol. The lowest BCUT2D eigenvalue weighted by Gasteiger charge is -2.21. The van der Waals surface area contributed by atoms with Gasteiger partial charge in [0.05, 0.1) is 12.6 Å². The van der Waals surface area contributed by atoms with E-state index in [0.29, 0.717) is 13.2 Å². The summed E-state index contributed by atoms with van der Waals surface area (Å²) >= 11 is 0. The van der Waals surface area contributed by atoms with Crippen LogP contribution in [0.2, 0.25) is 0 Å². The molecule has 5 nitrogen and oxygen atoms in total. The molecule has 1 aromatic heterocycles. The number of nitrogens with zero attached hydrogens (tertiary/aromatic N) is 1. The van der Waals surface area contributed by atoms with Crippen LogP contribution in [0, 0.1) is 6.92 Å². The van der Waals surface area contributed by atoms with Crippen LogP contribution < -0.4 is 16.0 Å². The second-order valence-electron chi connectivity index (χ2n) is 4.66. The summed E-state index contributed by atoms with van der Waals surface area (Å²) in [6.07, 6.45) is 1.77. The first-order valence-corrected chi connectivity index (χ1v) is 6.86. The molecule has 0 fully saturated rings. The maximum absolute atomic E-state index is 5.78. The van der Waals surface area contributed by atoms with E-state index < -0.39 is 0 Å². The Morgan fingerprint density at radius 1 is 1.14 bits per heavy atom. The fourth-order valence-electron chi connectivity index (χ4n) is 2.23. The molecule has 1 unspecified atom stereocenters. The molecular formula is C16H21N3O2. The van der Waals surface area contributed by atoms with E-state index in [1.807, 2.05) is 43.3 Å². The summed E-state index contributed by atoms with van der Waals surface area (Å²) in [5.74, 6) is 6.56. The number of methoxy groups -OCH3 is 1. The number of pyridine rings is 1. The average Bonchev–Trinajstić information content (AvgIpc) is 2.51. The van der Waals surface area contributed by atoms with Crippen LogP contribution in [0.1, 0.15) is 22.9 Å². The Morgan fingerprint density at radius 2 is 1.90 bits per heavy atom. The van der Waals surface area contributed by atoms with Gasteiger partial charge < -0.3 is 9.47 Å². The Bertz CT molecular complexity index is 575. The minimum absolute atomic E-state index is 0.169. The molecule has 0 aliphatic rings. The number of ether oxygens (including phenoxy) is 2. The number of nitrogens with one attached hydrogen (secondary N) is 1. The van der Waals surface area contributed by atoms with Gasteiger partial charge in [0.25, 0.3) is 0 Å². The lowest BCUT2D eigenvalue weighted by atomic mass is 9.97. The van der Waals surface area contributed by atoms with Crippen molar-refractivity contribution in [3.63, 3.8) is 0 Å². The van der Waals surface area contributed by atoms with Crippen molar-refractivity contribution in [2.75, 3.05) is 20.3 Å². The molecule has 2 aromatic rings. The number of hydrogen-bond acceptors (Lipinski definition) is 5. The Labute approximate surface area is 125 Å². The lowest BCUT2D eigenvalue weighted by molar-refractivity contribution is 0.145. The van der Waals surface area contributed by atoms with E-state index in [-0.39, 0.29) is 6.04 Å². The summed E-state index contributed by atoms with van der Waals surface area (Å²) in [5.41, 5.74) is 5.80. The zero-order valence-corrected chi connectivity index (χ0v) is 12.4. The predicted octanol–water partition coefficient (Wildman–Crippen LogP) is 1.97. The Balaban J connectivity index is 2.32. The van der Waals surface area contributed by atoms with Crippen LogP contribution in [0.15, 0.2) is 42.6 Å². The van der Waals surface area contributed by atoms with Gasteiger partial charge in [0.15, 0.2) is 0 Å². The largest absolute Gasteiger partial charge is 0.491 e. The monoisotopic (exact) mass is 287 g/mol. The number of benzene rings is 1. The van der Waals surface area contributed by atoms with Gasteiger partial charge in [-0.1, -0.05) is 24.3 Å². The molecule has 0 radical (unpaired) electrons. The number of aromatic nitrogens is 1. The molecule has 0 saturated heterocycles. The van der Waals surface area contributed by atoms with E-state index in [9.17, 15) is 0 Å². The number of para-hydroxylation sites is 1. The standard InChI is InChI=1S/C16H21N3O2/c1-12-13(7-5-9-18-12)16(19-17)14-6-3-4-8-15(14)21-11-10-20-2/h3-9,16,19H,10-11,17H2,1-2H3. The number of aryl methyl sites for hydroxylation is 1. The first kappa shape index (κ1) is 15.4. The number of nitrogens with two attached hydrogens (primary N) is 1. The third-order valence-corrected chi connectivity index (χ3v) is 3.30. The smallest absolute Gasteiger partial charge is 0.124 e. The van der Waals surface area contributed by atoms with Crippen LogP contribution in [-0.4, -0.2) is 25.3 Å². The summed E-state index contributed by atoms with van der Waals surface area (Å²) in [7, 11) is 1.65. The molecule has 1 atom stereocenters. The van der Waals surface area contributed by atoms with Crippen molar-refractivity contribution in [2.24, 2.45) is 5.84 Å². The van der Waals surface area contributed by atoms with Crippen LogP contribution in [-0.2, 0) is 4.74 Å². The number of rotatable bonds is 7. The van der Waals surface area contributed by atoms with Crippen molar-refractivity contribution in [1.82, 2.24) is 10.4 Å². The molecule has 0 bridgehead atoms. The van der Waals surface area contributed by atoms with Crippen LogP contribution >= 0.6 is 0 Å². The summed E-state index contributed by atoms with van der Waals surface area (Å²) in [6.45, 7) is 3.01. The summed E-state index contributed by atoms with van der Waals surface area (Å²) in [5, 5.41) is 0. The van der Waals surface area contributed by atoms with Gasteiger partial charge in [-0.15, -0.1) is 0 Å². The highest BCUT2D eigenvalue weighted by atomic mass is 16.5. The molecule has 5 heteroatoms. The van der Waals surface area contributed by atoms with Crippen molar-refractivity contribution in [3.05, 3.63) is 59.4 Å². The molecule has 2 rings (SSSR count). The van der Waals surface area contributed by atoms with E-state index in [1.165, 1.54) is 0 Å². The van der Waals surface area contributed by atoms with E-state index >= 15 is 0 Å². The highest BCUT2D eigenvalue weighted by Gasteiger charge is 2.18. The van der Waals surface area contributed by atoms with Gasteiger partial charge in [-0.25, -0.2) is 5.43 Å². The molecule has 112 valence electrons. The van der Waals surface area contributed by atoms with E-state index in [4.69, 9.17) is 15.3 Å². The van der Waals surface area contributed by atoms with Gasteiger partial charge in [0, 0.05) is 24.6 Å². The first-order valence-electron chi connectivity index (χ1n) is 6.86. The van der Waals surface area contributed by atoms with E-state index in [0.717, 1.165) is 22.6 Å². The minimum atomic E-state index is -0.169. The maximum atomic E-state index is 5.78. The quantitative estimate of drug-likeness (QED) is 0.463. The third kappa shape index (κ3) is 3.78.